The third-order valence-corrected chi connectivity index (χ3v) is 3.92. The van der Waals surface area contributed by atoms with Gasteiger partial charge >= 0.3 is 5.97 Å². The fourth-order valence-electron chi connectivity index (χ4n) is 2.32. The zero-order chi connectivity index (χ0) is 17.9. The summed E-state index contributed by atoms with van der Waals surface area (Å²) in [6, 6.07) is 7.23. The van der Waals surface area contributed by atoms with Crippen LogP contribution in [0.15, 0.2) is 24.3 Å². The molecule has 1 rings (SSSR count). The highest BCUT2D eigenvalue weighted by molar-refractivity contribution is 5.79. The van der Waals surface area contributed by atoms with Gasteiger partial charge in [0, 0.05) is 6.54 Å². The minimum atomic E-state index is -0.392. The topological polar surface area (TPSA) is 76.1 Å². The molecule has 6 heteroatoms. The molecule has 0 aliphatic heterocycles. The number of aryl methyl sites for hydroxylation is 1. The molecule has 0 fully saturated rings. The van der Waals surface area contributed by atoms with Crippen molar-refractivity contribution in [2.24, 2.45) is 0 Å². The molecule has 1 atom stereocenters. The maximum atomic E-state index is 12.4. The first-order valence-electron chi connectivity index (χ1n) is 8.24. The molecular weight excluding hydrogens is 310 g/mol. The number of rotatable bonds is 10. The van der Waals surface area contributed by atoms with Crippen LogP contribution < -0.4 is 4.74 Å². The fourth-order valence-corrected chi connectivity index (χ4v) is 2.32. The highest BCUT2D eigenvalue weighted by atomic mass is 16.5. The Morgan fingerprint density at radius 1 is 1.21 bits per heavy atom. The van der Waals surface area contributed by atoms with Gasteiger partial charge in [0.2, 0.25) is 0 Å². The summed E-state index contributed by atoms with van der Waals surface area (Å²) < 4.78 is 10.1. The summed E-state index contributed by atoms with van der Waals surface area (Å²) in [4.78, 5) is 25.2. The number of esters is 1. The molecule has 24 heavy (non-hydrogen) atoms. The summed E-state index contributed by atoms with van der Waals surface area (Å²) >= 11 is 0. The molecule has 0 bridgehead atoms. The van der Waals surface area contributed by atoms with E-state index in [9.17, 15) is 14.7 Å². The SMILES string of the molecule is CCc1ccc(OCC(=O)N(CCC(=O)OC)C(CC)CO)cc1. The van der Waals surface area contributed by atoms with Crippen LogP contribution in [0.1, 0.15) is 32.3 Å². The number of ether oxygens (including phenoxy) is 2. The third-order valence-electron chi connectivity index (χ3n) is 3.92. The first-order chi connectivity index (χ1) is 11.5. The Kier molecular flexibility index (Phi) is 8.86. The molecule has 0 radical (unpaired) electrons. The standard InChI is InChI=1S/C18H27NO5/c1-4-14-6-8-16(9-7-14)24-13-17(21)19(15(5-2)12-20)11-10-18(22)23-3/h6-9,15,20H,4-5,10-13H2,1-3H3. The molecule has 1 unspecified atom stereocenters. The normalized spacial score (nSPS) is 11.7. The second-order valence-corrected chi connectivity index (χ2v) is 5.44. The predicted octanol–water partition coefficient (Wildman–Crippen LogP) is 1.79. The quantitative estimate of drug-likeness (QED) is 0.659. The molecule has 1 aromatic carbocycles. The van der Waals surface area contributed by atoms with Crippen molar-refractivity contribution >= 4 is 11.9 Å². The average molecular weight is 337 g/mol. The summed E-state index contributed by atoms with van der Waals surface area (Å²) in [5, 5.41) is 9.46. The molecule has 0 heterocycles. The highest BCUT2D eigenvalue weighted by Crippen LogP contribution is 2.13. The highest BCUT2D eigenvalue weighted by Gasteiger charge is 2.23. The summed E-state index contributed by atoms with van der Waals surface area (Å²) in [5.41, 5.74) is 1.19. The summed E-state index contributed by atoms with van der Waals surface area (Å²) in [5.74, 6) is -0.0402. The molecule has 0 aromatic heterocycles. The van der Waals surface area contributed by atoms with Gasteiger partial charge in [-0.1, -0.05) is 26.0 Å². The molecule has 0 aliphatic carbocycles. The van der Waals surface area contributed by atoms with Gasteiger partial charge in [0.05, 0.1) is 26.2 Å². The van der Waals surface area contributed by atoms with Crippen LogP contribution in [0.2, 0.25) is 0 Å². The van der Waals surface area contributed by atoms with E-state index in [4.69, 9.17) is 4.74 Å². The van der Waals surface area contributed by atoms with E-state index in [1.165, 1.54) is 17.6 Å². The number of carbonyl (C=O) groups excluding carboxylic acids is 2. The van der Waals surface area contributed by atoms with Crippen LogP contribution in [0.3, 0.4) is 0 Å². The lowest BCUT2D eigenvalue weighted by atomic mass is 10.2. The van der Waals surface area contributed by atoms with Gasteiger partial charge in [0.25, 0.3) is 5.91 Å². The lowest BCUT2D eigenvalue weighted by molar-refractivity contribution is -0.143. The van der Waals surface area contributed by atoms with E-state index in [0.29, 0.717) is 12.2 Å². The van der Waals surface area contributed by atoms with Crippen molar-refractivity contribution < 1.29 is 24.2 Å². The van der Waals surface area contributed by atoms with E-state index < -0.39 is 5.97 Å². The molecule has 1 N–H and O–H groups in total. The Hall–Kier alpha value is -2.08. The maximum Gasteiger partial charge on any atom is 0.307 e. The van der Waals surface area contributed by atoms with Crippen molar-refractivity contribution in [3.8, 4) is 5.75 Å². The van der Waals surface area contributed by atoms with E-state index in [1.54, 1.807) is 0 Å². The van der Waals surface area contributed by atoms with Crippen LogP contribution in [0.4, 0.5) is 0 Å². The van der Waals surface area contributed by atoms with Crippen LogP contribution in [0, 0.1) is 0 Å². The van der Waals surface area contributed by atoms with Crippen LogP contribution in [0.25, 0.3) is 0 Å². The van der Waals surface area contributed by atoms with Gasteiger partial charge in [0.15, 0.2) is 6.61 Å². The molecule has 0 spiro atoms. The van der Waals surface area contributed by atoms with Crippen molar-refractivity contribution in [1.82, 2.24) is 4.90 Å². The lowest BCUT2D eigenvalue weighted by Gasteiger charge is -2.29. The number of amides is 1. The maximum absolute atomic E-state index is 12.4. The lowest BCUT2D eigenvalue weighted by Crippen LogP contribution is -2.45. The van der Waals surface area contributed by atoms with E-state index >= 15 is 0 Å². The summed E-state index contributed by atoms with van der Waals surface area (Å²) in [6.07, 6.45) is 1.62. The van der Waals surface area contributed by atoms with Gasteiger partial charge < -0.3 is 19.5 Å². The van der Waals surface area contributed by atoms with Crippen LogP contribution in [0.5, 0.6) is 5.75 Å². The zero-order valence-electron chi connectivity index (χ0n) is 14.7. The van der Waals surface area contributed by atoms with Gasteiger partial charge in [-0.25, -0.2) is 0 Å². The number of carbonyl (C=O) groups is 2. The van der Waals surface area contributed by atoms with Gasteiger partial charge in [-0.3, -0.25) is 9.59 Å². The van der Waals surface area contributed by atoms with E-state index in [-0.39, 0.29) is 38.1 Å². The van der Waals surface area contributed by atoms with Gasteiger partial charge in [-0.05, 0) is 30.5 Å². The monoisotopic (exact) mass is 337 g/mol. The van der Waals surface area contributed by atoms with Gasteiger partial charge in [0.1, 0.15) is 5.75 Å². The molecule has 0 saturated heterocycles. The second kappa shape index (κ2) is 10.6. The van der Waals surface area contributed by atoms with Gasteiger partial charge in [-0.2, -0.15) is 0 Å². The smallest absolute Gasteiger partial charge is 0.307 e. The number of aliphatic hydroxyl groups is 1. The van der Waals surface area contributed by atoms with E-state index in [1.807, 2.05) is 31.2 Å². The minimum absolute atomic E-state index is 0.0872. The Labute approximate surface area is 143 Å². The molecule has 0 saturated carbocycles. The number of methoxy groups -OCH3 is 1. The van der Waals surface area contributed by atoms with E-state index in [0.717, 1.165) is 6.42 Å². The largest absolute Gasteiger partial charge is 0.484 e. The molecule has 0 aliphatic rings. The number of benzene rings is 1. The molecule has 1 amide bonds. The second-order valence-electron chi connectivity index (χ2n) is 5.44. The minimum Gasteiger partial charge on any atom is -0.484 e. The van der Waals surface area contributed by atoms with Crippen LogP contribution in [-0.2, 0) is 20.7 Å². The Bertz CT molecular complexity index is 511. The molecule has 6 nitrogen and oxygen atoms in total. The summed E-state index contributed by atoms with van der Waals surface area (Å²) in [7, 11) is 1.31. The summed E-state index contributed by atoms with van der Waals surface area (Å²) in [6.45, 7) is 3.85. The Morgan fingerprint density at radius 2 is 1.88 bits per heavy atom. The number of hydrogen-bond donors (Lipinski definition) is 1. The van der Waals surface area contributed by atoms with Crippen molar-refractivity contribution in [3.63, 3.8) is 0 Å². The van der Waals surface area contributed by atoms with Crippen LogP contribution in [-0.4, -0.2) is 54.8 Å². The zero-order valence-corrected chi connectivity index (χ0v) is 14.7. The van der Waals surface area contributed by atoms with Crippen LogP contribution >= 0.6 is 0 Å². The number of hydrogen-bond acceptors (Lipinski definition) is 5. The van der Waals surface area contributed by atoms with Crippen molar-refractivity contribution in [2.75, 3.05) is 26.9 Å². The van der Waals surface area contributed by atoms with E-state index in [2.05, 4.69) is 11.7 Å². The third kappa shape index (κ3) is 6.20. The molecule has 134 valence electrons. The van der Waals surface area contributed by atoms with Crippen molar-refractivity contribution in [3.05, 3.63) is 29.8 Å². The van der Waals surface area contributed by atoms with Crippen molar-refractivity contribution in [1.29, 1.82) is 0 Å². The molecule has 1 aromatic rings. The van der Waals surface area contributed by atoms with Crippen molar-refractivity contribution in [2.45, 2.75) is 39.2 Å². The predicted molar refractivity (Wildman–Crippen MR) is 90.8 cm³/mol. The molecular formula is C18H27NO5. The average Bonchev–Trinajstić information content (AvgIpc) is 2.63. The number of aliphatic hydroxyl groups excluding tert-OH is 1. The Morgan fingerprint density at radius 3 is 2.38 bits per heavy atom. The number of nitrogens with zero attached hydrogens (tertiary/aromatic N) is 1. The first kappa shape index (κ1) is 20.0. The first-order valence-corrected chi connectivity index (χ1v) is 8.24. The van der Waals surface area contributed by atoms with Gasteiger partial charge in [-0.15, -0.1) is 0 Å². The Balaban J connectivity index is 2.66. The fraction of sp³-hybridized carbons (Fsp3) is 0.556.